The molecule has 4 nitrogen and oxygen atoms in total. The van der Waals surface area contributed by atoms with E-state index in [1.165, 1.54) is 49.4 Å². The van der Waals surface area contributed by atoms with Gasteiger partial charge in [-0.15, -0.1) is 0 Å². The summed E-state index contributed by atoms with van der Waals surface area (Å²) in [4.78, 5) is 3.74. The van der Waals surface area contributed by atoms with Gasteiger partial charge in [-0.3, -0.25) is 0 Å². The number of aromatic amines is 1. The molecule has 0 radical (unpaired) electrons. The van der Waals surface area contributed by atoms with Gasteiger partial charge in [-0.1, -0.05) is 72.8 Å². The highest BCUT2D eigenvalue weighted by Crippen LogP contribution is 2.38. The van der Waals surface area contributed by atoms with Crippen LogP contribution in [0.2, 0.25) is 0 Å². The van der Waals surface area contributed by atoms with E-state index >= 15 is 0 Å². The van der Waals surface area contributed by atoms with Gasteiger partial charge in [0.2, 0.25) is 0 Å². The monoisotopic (exact) mass is 528 g/mol. The number of aromatic nitrogens is 4. The van der Waals surface area contributed by atoms with Crippen LogP contribution in [-0.2, 0) is 0 Å². The van der Waals surface area contributed by atoms with Gasteiger partial charge in [0, 0.05) is 39.6 Å². The van der Waals surface area contributed by atoms with E-state index in [9.17, 15) is 0 Å². The lowest BCUT2D eigenvalue weighted by molar-refractivity contribution is 0.911. The van der Waals surface area contributed by atoms with Crippen LogP contribution in [0.25, 0.3) is 77.0 Å². The summed E-state index contributed by atoms with van der Waals surface area (Å²) in [5, 5.41) is 10.9. The van der Waals surface area contributed by atoms with E-state index in [0.717, 1.165) is 40.5 Å². The molecule has 1 aliphatic rings. The van der Waals surface area contributed by atoms with Crippen molar-refractivity contribution in [2.24, 2.45) is 0 Å². The molecule has 9 rings (SSSR count). The van der Waals surface area contributed by atoms with E-state index in [-0.39, 0.29) is 1.43 Å². The van der Waals surface area contributed by atoms with Crippen LogP contribution >= 0.6 is 0 Å². The van der Waals surface area contributed by atoms with Crippen LogP contribution in [0.4, 0.5) is 0 Å². The zero-order valence-electron chi connectivity index (χ0n) is 22.4. The molecule has 0 saturated carbocycles. The zero-order chi connectivity index (χ0) is 26.9. The molecule has 1 N–H and O–H groups in total. The molecule has 0 spiro atoms. The number of H-pyrrole nitrogens is 1. The number of para-hydroxylation sites is 2. The van der Waals surface area contributed by atoms with Crippen molar-refractivity contribution >= 4 is 60.2 Å². The van der Waals surface area contributed by atoms with E-state index in [1.54, 1.807) is 0 Å². The normalized spacial score (nSPS) is 13.7. The van der Waals surface area contributed by atoms with Gasteiger partial charge in [-0.05, 0) is 72.5 Å². The molecular weight excluding hydrogens is 500 g/mol. The number of nitrogens with one attached hydrogen (secondary N) is 1. The molecule has 0 amide bonds. The molecule has 0 aliphatic heterocycles. The number of hydrogen-bond acceptors (Lipinski definition) is 1. The molecule has 0 atom stereocenters. The van der Waals surface area contributed by atoms with Gasteiger partial charge >= 0.3 is 0 Å². The number of nitrogens with zero attached hydrogens (tertiary/aromatic N) is 3. The molecule has 8 aromatic rings. The fourth-order valence-corrected chi connectivity index (χ4v) is 6.63. The quantitative estimate of drug-likeness (QED) is 0.243. The van der Waals surface area contributed by atoms with Gasteiger partial charge in [-0.25, -0.2) is 4.68 Å². The maximum absolute atomic E-state index is 4.73. The second-order valence-corrected chi connectivity index (χ2v) is 10.9. The summed E-state index contributed by atoms with van der Waals surface area (Å²) < 4.78 is 4.42. The molecule has 4 heteroatoms. The zero-order valence-corrected chi connectivity index (χ0v) is 22.4. The van der Waals surface area contributed by atoms with Gasteiger partial charge < -0.3 is 9.55 Å². The van der Waals surface area contributed by atoms with E-state index in [2.05, 4.69) is 113 Å². The summed E-state index contributed by atoms with van der Waals surface area (Å²) in [5.74, 6) is 0. The highest BCUT2D eigenvalue weighted by atomic mass is 15.3. The van der Waals surface area contributed by atoms with Crippen molar-refractivity contribution in [2.45, 2.75) is 12.8 Å². The number of fused-ring (bicyclic) bond motifs is 8. The van der Waals surface area contributed by atoms with Crippen LogP contribution in [0.3, 0.4) is 0 Å². The third kappa shape index (κ3) is 3.31. The highest BCUT2D eigenvalue weighted by Gasteiger charge is 2.16. The summed E-state index contributed by atoms with van der Waals surface area (Å²) in [5.41, 5.74) is 10.6. The minimum absolute atomic E-state index is 0. The Labute approximate surface area is 237 Å². The number of benzene rings is 5. The van der Waals surface area contributed by atoms with E-state index < -0.39 is 0 Å². The number of hydrogen-bond donors (Lipinski definition) is 1. The van der Waals surface area contributed by atoms with Gasteiger partial charge in [0.1, 0.15) is 0 Å². The van der Waals surface area contributed by atoms with Gasteiger partial charge in [0.05, 0.1) is 34.0 Å². The second kappa shape index (κ2) is 8.57. The Bertz CT molecular complexity index is 2370. The van der Waals surface area contributed by atoms with E-state index in [1.807, 2.05) is 29.1 Å². The molecule has 41 heavy (non-hydrogen) atoms. The van der Waals surface area contributed by atoms with Crippen molar-refractivity contribution < 1.29 is 1.43 Å². The van der Waals surface area contributed by atoms with Crippen molar-refractivity contribution in [2.75, 3.05) is 0 Å². The van der Waals surface area contributed by atoms with Crippen LogP contribution in [0, 0.1) is 0 Å². The molecule has 196 valence electrons. The standard InChI is InChI=1S/C37H26N4.H2/c1-3-9-26(10-4-1)40-34-14-8-7-13-29(34)31-21-24(16-19-35(31)40)25-15-17-28-30-18-20-36-32(37(30)39-33(28)22-25)23-38-41(36)27-11-5-2-6-12-27;/h2-3,5-23,39H,1,4H2;1H. The SMILES string of the molecule is C1=CC(n2c3ccccc3c3cc(-c4ccc5c(c4)[nH]c4c5ccc5c4cnn5-c4ccccc4)ccc32)=CCC1.[HH]. The Kier molecular flexibility index (Phi) is 4.70. The second-order valence-electron chi connectivity index (χ2n) is 10.9. The molecule has 0 fully saturated rings. The topological polar surface area (TPSA) is 38.5 Å². The van der Waals surface area contributed by atoms with Crippen molar-refractivity contribution in [3.63, 3.8) is 0 Å². The number of rotatable bonds is 3. The largest absolute Gasteiger partial charge is 0.354 e. The van der Waals surface area contributed by atoms with Crippen molar-refractivity contribution in [1.29, 1.82) is 0 Å². The third-order valence-electron chi connectivity index (χ3n) is 8.56. The summed E-state index contributed by atoms with van der Waals surface area (Å²) >= 11 is 0. The molecule has 3 aromatic heterocycles. The first kappa shape index (κ1) is 22.5. The van der Waals surface area contributed by atoms with Gasteiger partial charge in [0.15, 0.2) is 0 Å². The smallest absolute Gasteiger partial charge is 0.0762 e. The minimum atomic E-state index is 0. The fourth-order valence-electron chi connectivity index (χ4n) is 6.63. The maximum Gasteiger partial charge on any atom is 0.0762 e. The molecular formula is C37H28N4. The Hall–Kier alpha value is -5.35. The van der Waals surface area contributed by atoms with Crippen LogP contribution in [0.1, 0.15) is 14.3 Å². The van der Waals surface area contributed by atoms with Crippen LogP contribution in [-0.4, -0.2) is 19.3 Å². The lowest BCUT2D eigenvalue weighted by Crippen LogP contribution is -1.96. The average molecular weight is 529 g/mol. The molecule has 1 aliphatic carbocycles. The van der Waals surface area contributed by atoms with Crippen LogP contribution in [0.5, 0.6) is 0 Å². The van der Waals surface area contributed by atoms with Crippen molar-refractivity contribution in [1.82, 2.24) is 19.3 Å². The Morgan fingerprint density at radius 1 is 0.634 bits per heavy atom. The summed E-state index contributed by atoms with van der Waals surface area (Å²) in [7, 11) is 0. The summed E-state index contributed by atoms with van der Waals surface area (Å²) in [6.07, 6.45) is 11.1. The van der Waals surface area contributed by atoms with E-state index in [0.29, 0.717) is 0 Å². The summed E-state index contributed by atoms with van der Waals surface area (Å²) in [6, 6.07) is 37.1. The molecule has 0 saturated heterocycles. The van der Waals surface area contributed by atoms with Gasteiger partial charge in [-0.2, -0.15) is 5.10 Å². The lowest BCUT2D eigenvalue weighted by atomic mass is 10.0. The van der Waals surface area contributed by atoms with Gasteiger partial charge in [0.25, 0.3) is 0 Å². The first-order valence-corrected chi connectivity index (χ1v) is 14.2. The predicted octanol–water partition coefficient (Wildman–Crippen LogP) is 9.87. The Balaban J connectivity index is 0.00000267. The Morgan fingerprint density at radius 3 is 2.32 bits per heavy atom. The van der Waals surface area contributed by atoms with Crippen molar-refractivity contribution in [3.05, 3.63) is 128 Å². The maximum atomic E-state index is 4.73. The Morgan fingerprint density at radius 2 is 1.41 bits per heavy atom. The highest BCUT2D eigenvalue weighted by molar-refractivity contribution is 6.17. The molecule has 0 unspecified atom stereocenters. The minimum Gasteiger partial charge on any atom is -0.354 e. The van der Waals surface area contributed by atoms with Crippen LogP contribution in [0.15, 0.2) is 128 Å². The predicted molar refractivity (Wildman–Crippen MR) is 174 cm³/mol. The fraction of sp³-hybridized carbons (Fsp3) is 0.0541. The van der Waals surface area contributed by atoms with E-state index in [4.69, 9.17) is 5.10 Å². The summed E-state index contributed by atoms with van der Waals surface area (Å²) in [6.45, 7) is 0. The first-order chi connectivity index (χ1) is 20.3. The average Bonchev–Trinajstić information content (AvgIpc) is 3.73. The number of allylic oxidation sites excluding steroid dienone is 4. The van der Waals surface area contributed by atoms with Crippen molar-refractivity contribution in [3.8, 4) is 16.8 Å². The third-order valence-corrected chi connectivity index (χ3v) is 8.56. The molecule has 3 heterocycles. The first-order valence-electron chi connectivity index (χ1n) is 14.2. The molecule has 0 bridgehead atoms. The lowest BCUT2D eigenvalue weighted by Gasteiger charge is -2.12. The molecule has 5 aromatic carbocycles. The van der Waals surface area contributed by atoms with Crippen LogP contribution < -0.4 is 0 Å².